The van der Waals surface area contributed by atoms with Crippen molar-refractivity contribution in [2.24, 2.45) is 0 Å². The van der Waals surface area contributed by atoms with Gasteiger partial charge in [-0.15, -0.1) is 0 Å². The molecule has 2 N–H and O–H groups in total. The van der Waals surface area contributed by atoms with Gasteiger partial charge in [0.1, 0.15) is 5.75 Å². The van der Waals surface area contributed by atoms with Crippen molar-refractivity contribution in [3.63, 3.8) is 0 Å². The Labute approximate surface area is 104 Å². The fourth-order valence-corrected chi connectivity index (χ4v) is 1.48. The number of carbonyl (C=O) groups is 1. The first kappa shape index (κ1) is 13.0. The minimum atomic E-state index is -0.199. The molecular weight excluding hydrogens is 270 g/mol. The van der Waals surface area contributed by atoms with E-state index in [0.29, 0.717) is 11.3 Å². The highest BCUT2D eigenvalue weighted by Crippen LogP contribution is 2.28. The molecule has 0 saturated heterocycles. The van der Waals surface area contributed by atoms with Crippen LogP contribution in [0.3, 0.4) is 0 Å². The van der Waals surface area contributed by atoms with Gasteiger partial charge < -0.3 is 10.4 Å². The lowest BCUT2D eigenvalue weighted by molar-refractivity contribution is -0.115. The first-order chi connectivity index (χ1) is 7.47. The second-order valence-corrected chi connectivity index (χ2v) is 4.87. The fourth-order valence-electron chi connectivity index (χ4n) is 1.37. The third-order valence-corrected chi connectivity index (χ3v) is 3.60. The van der Waals surface area contributed by atoms with E-state index in [1.165, 1.54) is 0 Å². The van der Waals surface area contributed by atoms with E-state index < -0.39 is 0 Å². The van der Waals surface area contributed by atoms with Crippen LogP contribution >= 0.6 is 15.9 Å². The summed E-state index contributed by atoms with van der Waals surface area (Å²) in [4.78, 5) is 11.5. The molecule has 0 aromatic heterocycles. The monoisotopic (exact) mass is 285 g/mol. The molecule has 0 saturated carbocycles. The van der Waals surface area contributed by atoms with Crippen molar-refractivity contribution < 1.29 is 9.90 Å². The Morgan fingerprint density at radius 1 is 1.50 bits per heavy atom. The van der Waals surface area contributed by atoms with Gasteiger partial charge in [0.05, 0.1) is 4.83 Å². The van der Waals surface area contributed by atoms with Gasteiger partial charge in [-0.3, -0.25) is 4.79 Å². The van der Waals surface area contributed by atoms with Gasteiger partial charge in [0.15, 0.2) is 0 Å². The summed E-state index contributed by atoms with van der Waals surface area (Å²) in [6, 6.07) is 3.59. The maximum absolute atomic E-state index is 11.7. The summed E-state index contributed by atoms with van der Waals surface area (Å²) in [5, 5.41) is 12.5. The summed E-state index contributed by atoms with van der Waals surface area (Å²) in [5.74, 6) is 0.147. The lowest BCUT2D eigenvalue weighted by Gasteiger charge is -2.13. The topological polar surface area (TPSA) is 49.3 Å². The fraction of sp³-hybridized carbons (Fsp3) is 0.417. The van der Waals surface area contributed by atoms with Gasteiger partial charge >= 0.3 is 0 Å². The number of phenols is 1. The molecule has 0 fully saturated rings. The molecule has 1 aromatic rings. The molecule has 4 heteroatoms. The van der Waals surface area contributed by atoms with Crippen LogP contribution in [0.5, 0.6) is 5.75 Å². The van der Waals surface area contributed by atoms with E-state index in [0.717, 1.165) is 12.0 Å². The number of carbonyl (C=O) groups excluding carboxylic acids is 1. The van der Waals surface area contributed by atoms with E-state index >= 15 is 0 Å². The molecule has 88 valence electrons. The Balaban J connectivity index is 2.91. The molecule has 0 aliphatic heterocycles. The zero-order valence-electron chi connectivity index (χ0n) is 9.67. The average Bonchev–Trinajstić information content (AvgIpc) is 2.28. The SMILES string of the molecule is CCC(Br)C(=O)Nc1ccc(C)c(O)c1C. The molecule has 0 heterocycles. The molecule has 0 aliphatic rings. The normalized spacial score (nSPS) is 12.2. The summed E-state index contributed by atoms with van der Waals surface area (Å²) in [6.45, 7) is 5.54. The van der Waals surface area contributed by atoms with Crippen molar-refractivity contribution in [2.45, 2.75) is 32.0 Å². The van der Waals surface area contributed by atoms with Gasteiger partial charge in [0, 0.05) is 11.3 Å². The molecule has 1 amide bonds. The van der Waals surface area contributed by atoms with Crippen molar-refractivity contribution >= 4 is 27.5 Å². The maximum atomic E-state index is 11.7. The highest BCUT2D eigenvalue weighted by molar-refractivity contribution is 9.10. The van der Waals surface area contributed by atoms with E-state index in [1.807, 2.05) is 13.8 Å². The Kier molecular flexibility index (Phi) is 4.35. The molecule has 1 unspecified atom stereocenters. The maximum Gasteiger partial charge on any atom is 0.238 e. The molecule has 1 rings (SSSR count). The first-order valence-corrected chi connectivity index (χ1v) is 6.13. The summed E-state index contributed by atoms with van der Waals surface area (Å²) < 4.78 is 0. The van der Waals surface area contributed by atoms with Crippen molar-refractivity contribution in [2.75, 3.05) is 5.32 Å². The lowest BCUT2D eigenvalue weighted by atomic mass is 10.1. The average molecular weight is 286 g/mol. The minimum Gasteiger partial charge on any atom is -0.507 e. The highest BCUT2D eigenvalue weighted by Gasteiger charge is 2.14. The number of hydrogen-bond acceptors (Lipinski definition) is 2. The minimum absolute atomic E-state index is 0.0890. The first-order valence-electron chi connectivity index (χ1n) is 5.21. The third-order valence-electron chi connectivity index (χ3n) is 2.53. The van der Waals surface area contributed by atoms with Gasteiger partial charge in [-0.25, -0.2) is 0 Å². The van der Waals surface area contributed by atoms with Gasteiger partial charge in [-0.05, 0) is 31.9 Å². The van der Waals surface area contributed by atoms with Crippen molar-refractivity contribution in [1.29, 1.82) is 0 Å². The standard InChI is InChI=1S/C12H16BrNO2/c1-4-9(13)12(16)14-10-6-5-7(2)11(15)8(10)3/h5-6,9,15H,4H2,1-3H3,(H,14,16). The molecular formula is C12H16BrNO2. The van der Waals surface area contributed by atoms with Crippen molar-refractivity contribution in [3.05, 3.63) is 23.3 Å². The predicted octanol–water partition coefficient (Wildman–Crippen LogP) is 3.12. The van der Waals surface area contributed by atoms with Crippen LogP contribution in [0.4, 0.5) is 5.69 Å². The van der Waals surface area contributed by atoms with E-state index in [2.05, 4.69) is 21.2 Å². The summed E-state index contributed by atoms with van der Waals surface area (Å²) in [6.07, 6.45) is 0.725. The number of aryl methyl sites for hydroxylation is 1. The van der Waals surface area contributed by atoms with Gasteiger partial charge in [0.2, 0.25) is 5.91 Å². The van der Waals surface area contributed by atoms with Crippen LogP contribution in [0.25, 0.3) is 0 Å². The smallest absolute Gasteiger partial charge is 0.238 e. The van der Waals surface area contributed by atoms with E-state index in [4.69, 9.17) is 0 Å². The molecule has 1 atom stereocenters. The largest absolute Gasteiger partial charge is 0.507 e. The molecule has 3 nitrogen and oxygen atoms in total. The van der Waals surface area contributed by atoms with Gasteiger partial charge in [-0.1, -0.05) is 28.9 Å². The number of phenolic OH excluding ortho intramolecular Hbond substituents is 1. The summed E-state index contributed by atoms with van der Waals surface area (Å²) in [7, 11) is 0. The zero-order chi connectivity index (χ0) is 12.3. The number of nitrogens with one attached hydrogen (secondary N) is 1. The number of rotatable bonds is 3. The van der Waals surface area contributed by atoms with Crippen LogP contribution in [-0.2, 0) is 4.79 Å². The van der Waals surface area contributed by atoms with Crippen LogP contribution in [0.2, 0.25) is 0 Å². The summed E-state index contributed by atoms with van der Waals surface area (Å²) >= 11 is 3.28. The van der Waals surface area contributed by atoms with Gasteiger partial charge in [0.25, 0.3) is 0 Å². The quantitative estimate of drug-likeness (QED) is 0.839. The van der Waals surface area contributed by atoms with Crippen LogP contribution in [0.15, 0.2) is 12.1 Å². The molecule has 16 heavy (non-hydrogen) atoms. The number of amides is 1. The second kappa shape index (κ2) is 5.34. The molecule has 0 spiro atoms. The molecule has 1 aromatic carbocycles. The Bertz CT molecular complexity index is 404. The number of alkyl halides is 1. The van der Waals surface area contributed by atoms with Crippen LogP contribution in [0, 0.1) is 13.8 Å². The third kappa shape index (κ3) is 2.76. The summed E-state index contributed by atoms with van der Waals surface area (Å²) in [5.41, 5.74) is 2.16. The zero-order valence-corrected chi connectivity index (χ0v) is 11.3. The number of anilines is 1. The Morgan fingerprint density at radius 2 is 2.12 bits per heavy atom. The van der Waals surface area contributed by atoms with Crippen molar-refractivity contribution in [1.82, 2.24) is 0 Å². The van der Waals surface area contributed by atoms with Crippen LogP contribution < -0.4 is 5.32 Å². The molecule has 0 bridgehead atoms. The lowest BCUT2D eigenvalue weighted by Crippen LogP contribution is -2.22. The van der Waals surface area contributed by atoms with E-state index in [-0.39, 0.29) is 16.5 Å². The Hall–Kier alpha value is -1.03. The van der Waals surface area contributed by atoms with Crippen LogP contribution in [-0.4, -0.2) is 15.8 Å². The molecule has 0 radical (unpaired) electrons. The number of hydrogen-bond donors (Lipinski definition) is 2. The number of aromatic hydroxyl groups is 1. The van der Waals surface area contributed by atoms with E-state index in [1.54, 1.807) is 19.1 Å². The second-order valence-electron chi connectivity index (χ2n) is 3.77. The predicted molar refractivity (Wildman–Crippen MR) is 69.2 cm³/mol. The van der Waals surface area contributed by atoms with Gasteiger partial charge in [-0.2, -0.15) is 0 Å². The highest BCUT2D eigenvalue weighted by atomic mass is 79.9. The Morgan fingerprint density at radius 3 is 2.69 bits per heavy atom. The number of benzene rings is 1. The van der Waals surface area contributed by atoms with Crippen molar-refractivity contribution in [3.8, 4) is 5.75 Å². The van der Waals surface area contributed by atoms with E-state index in [9.17, 15) is 9.90 Å². The number of halogens is 1. The van der Waals surface area contributed by atoms with Crippen LogP contribution in [0.1, 0.15) is 24.5 Å². The molecule has 0 aliphatic carbocycles.